The van der Waals surface area contributed by atoms with Crippen molar-refractivity contribution in [2.24, 2.45) is 0 Å². The number of hydrogen-bond acceptors (Lipinski definition) is 5. The summed E-state index contributed by atoms with van der Waals surface area (Å²) in [6.45, 7) is 0. The van der Waals surface area contributed by atoms with Crippen LogP contribution in [0.4, 0.5) is 10.1 Å². The van der Waals surface area contributed by atoms with Gasteiger partial charge in [0.05, 0.1) is 10.8 Å². The fraction of sp³-hybridized carbons (Fsp3) is 0.0476. The predicted molar refractivity (Wildman–Crippen MR) is 115 cm³/mol. The molecule has 150 valence electrons. The Labute approximate surface area is 181 Å². The van der Waals surface area contributed by atoms with Gasteiger partial charge in [-0.1, -0.05) is 41.6 Å². The van der Waals surface area contributed by atoms with Crippen LogP contribution in [-0.4, -0.2) is 31.4 Å². The Morgan fingerprint density at radius 3 is 2.67 bits per heavy atom. The largest absolute Gasteiger partial charge is 0.325 e. The number of para-hydroxylation sites is 1. The Morgan fingerprint density at radius 1 is 1.10 bits per heavy atom. The van der Waals surface area contributed by atoms with Crippen molar-refractivity contribution in [3.8, 4) is 17.1 Å². The number of anilines is 1. The van der Waals surface area contributed by atoms with Crippen LogP contribution in [0.5, 0.6) is 0 Å². The van der Waals surface area contributed by atoms with E-state index in [0.29, 0.717) is 16.7 Å². The lowest BCUT2D eigenvalue weighted by molar-refractivity contribution is -0.113. The Morgan fingerprint density at radius 2 is 1.93 bits per heavy atom. The third-order valence-electron chi connectivity index (χ3n) is 4.10. The number of carbonyl (C=O) groups is 1. The molecule has 2 aromatic carbocycles. The van der Waals surface area contributed by atoms with Gasteiger partial charge in [-0.25, -0.2) is 4.39 Å². The average molecular weight is 440 g/mol. The van der Waals surface area contributed by atoms with E-state index in [1.807, 2.05) is 47.0 Å². The minimum Gasteiger partial charge on any atom is -0.325 e. The zero-order valence-corrected chi connectivity index (χ0v) is 17.1. The zero-order chi connectivity index (χ0) is 20.9. The Balaban J connectivity index is 1.56. The Kier molecular flexibility index (Phi) is 6.06. The zero-order valence-electron chi connectivity index (χ0n) is 15.5. The van der Waals surface area contributed by atoms with Crippen molar-refractivity contribution >= 4 is 35.0 Å². The number of rotatable bonds is 6. The summed E-state index contributed by atoms with van der Waals surface area (Å²) >= 11 is 7.00. The van der Waals surface area contributed by atoms with Crippen molar-refractivity contribution in [3.63, 3.8) is 0 Å². The summed E-state index contributed by atoms with van der Waals surface area (Å²) in [4.78, 5) is 16.5. The van der Waals surface area contributed by atoms with Crippen molar-refractivity contribution in [1.29, 1.82) is 0 Å². The molecular formula is C21H15ClFN5OS. The van der Waals surface area contributed by atoms with Crippen molar-refractivity contribution in [3.05, 3.63) is 83.9 Å². The summed E-state index contributed by atoms with van der Waals surface area (Å²) in [5, 5.41) is 11.8. The highest BCUT2D eigenvalue weighted by Crippen LogP contribution is 2.27. The van der Waals surface area contributed by atoms with E-state index < -0.39 is 5.82 Å². The van der Waals surface area contributed by atoms with E-state index in [0.717, 1.165) is 11.3 Å². The van der Waals surface area contributed by atoms with Crippen LogP contribution in [0, 0.1) is 5.82 Å². The van der Waals surface area contributed by atoms with Crippen molar-refractivity contribution in [2.75, 3.05) is 11.1 Å². The highest BCUT2D eigenvalue weighted by Gasteiger charge is 2.17. The summed E-state index contributed by atoms with van der Waals surface area (Å²) in [5.74, 6) is -0.0915. The third-order valence-corrected chi connectivity index (χ3v) is 5.32. The first-order valence-electron chi connectivity index (χ1n) is 8.91. The molecule has 1 N–H and O–H groups in total. The van der Waals surface area contributed by atoms with E-state index in [1.54, 1.807) is 12.4 Å². The van der Waals surface area contributed by atoms with Crippen LogP contribution in [-0.2, 0) is 4.79 Å². The van der Waals surface area contributed by atoms with Gasteiger partial charge < -0.3 is 5.32 Å². The lowest BCUT2D eigenvalue weighted by atomic mass is 10.2. The third kappa shape index (κ3) is 4.50. The molecule has 0 saturated carbocycles. The molecule has 0 radical (unpaired) electrons. The number of nitrogens with zero attached hydrogens (tertiary/aromatic N) is 4. The second-order valence-corrected chi connectivity index (χ2v) is 7.53. The van der Waals surface area contributed by atoms with Crippen LogP contribution in [0.1, 0.15) is 0 Å². The number of carbonyl (C=O) groups excluding carboxylic acids is 1. The number of benzene rings is 2. The molecule has 1 amide bonds. The molecule has 0 bridgehead atoms. The van der Waals surface area contributed by atoms with Gasteiger partial charge in [-0.2, -0.15) is 0 Å². The van der Waals surface area contributed by atoms with Crippen molar-refractivity contribution < 1.29 is 9.18 Å². The Bertz CT molecular complexity index is 1170. The molecule has 30 heavy (non-hydrogen) atoms. The molecule has 0 unspecified atom stereocenters. The first kappa shape index (κ1) is 20.1. The summed E-state index contributed by atoms with van der Waals surface area (Å²) < 4.78 is 15.2. The van der Waals surface area contributed by atoms with Gasteiger partial charge in [-0.05, 0) is 42.5 Å². The highest BCUT2D eigenvalue weighted by atomic mass is 35.5. The number of aromatic nitrogens is 4. The van der Waals surface area contributed by atoms with Gasteiger partial charge in [-0.3, -0.25) is 14.3 Å². The fourth-order valence-electron chi connectivity index (χ4n) is 2.76. The van der Waals surface area contributed by atoms with Crippen LogP contribution in [0.25, 0.3) is 17.1 Å². The van der Waals surface area contributed by atoms with Gasteiger partial charge in [0, 0.05) is 29.3 Å². The van der Waals surface area contributed by atoms with Crippen LogP contribution >= 0.6 is 23.4 Å². The molecule has 4 rings (SSSR count). The summed E-state index contributed by atoms with van der Waals surface area (Å²) in [6.07, 6.45) is 3.40. The van der Waals surface area contributed by atoms with Gasteiger partial charge >= 0.3 is 0 Å². The average Bonchev–Trinajstić information content (AvgIpc) is 3.20. The van der Waals surface area contributed by atoms with Crippen LogP contribution in [0.3, 0.4) is 0 Å². The minimum atomic E-state index is -0.539. The summed E-state index contributed by atoms with van der Waals surface area (Å²) in [5.41, 5.74) is 2.10. The first-order valence-corrected chi connectivity index (χ1v) is 10.3. The maximum absolute atomic E-state index is 13.3. The summed E-state index contributed by atoms with van der Waals surface area (Å²) in [6, 6.07) is 17.4. The quantitative estimate of drug-likeness (QED) is 0.435. The topological polar surface area (TPSA) is 72.7 Å². The number of amides is 1. The second kappa shape index (κ2) is 9.06. The number of nitrogens with one attached hydrogen (secondary N) is 1. The van der Waals surface area contributed by atoms with Crippen molar-refractivity contribution in [2.45, 2.75) is 5.16 Å². The van der Waals surface area contributed by atoms with E-state index in [9.17, 15) is 9.18 Å². The van der Waals surface area contributed by atoms with Gasteiger partial charge in [0.1, 0.15) is 5.82 Å². The highest BCUT2D eigenvalue weighted by molar-refractivity contribution is 7.99. The predicted octanol–water partition coefficient (Wildman–Crippen LogP) is 4.85. The molecule has 0 aliphatic rings. The van der Waals surface area contributed by atoms with Crippen LogP contribution < -0.4 is 5.32 Å². The van der Waals surface area contributed by atoms with Gasteiger partial charge in [0.25, 0.3) is 0 Å². The molecule has 0 aliphatic heterocycles. The summed E-state index contributed by atoms with van der Waals surface area (Å²) in [7, 11) is 0. The maximum atomic E-state index is 13.3. The van der Waals surface area contributed by atoms with Gasteiger partial charge in [-0.15, -0.1) is 10.2 Å². The van der Waals surface area contributed by atoms with Gasteiger partial charge in [0.15, 0.2) is 11.0 Å². The molecular weight excluding hydrogens is 425 g/mol. The molecule has 6 nitrogen and oxygen atoms in total. The SMILES string of the molecule is O=C(CSc1nnc(-c2cccnc2)n1-c1ccccc1)Nc1ccc(F)c(Cl)c1. The van der Waals surface area contributed by atoms with Crippen LogP contribution in [0.2, 0.25) is 5.02 Å². The van der Waals surface area contributed by atoms with Crippen molar-refractivity contribution in [1.82, 2.24) is 19.7 Å². The molecule has 0 fully saturated rings. The monoisotopic (exact) mass is 439 g/mol. The second-order valence-electron chi connectivity index (χ2n) is 6.18. The molecule has 0 saturated heterocycles. The molecule has 0 spiro atoms. The first-order chi connectivity index (χ1) is 14.6. The number of thioether (sulfide) groups is 1. The van der Waals surface area contributed by atoms with E-state index in [2.05, 4.69) is 20.5 Å². The fourth-order valence-corrected chi connectivity index (χ4v) is 3.69. The van der Waals surface area contributed by atoms with Crippen LogP contribution in [0.15, 0.2) is 78.2 Å². The standard InChI is InChI=1S/C21H15ClFN5OS/c22-17-11-15(8-9-18(17)23)25-19(29)13-30-21-27-26-20(14-5-4-10-24-12-14)28(21)16-6-2-1-3-7-16/h1-12H,13H2,(H,25,29). The molecule has 0 atom stereocenters. The lowest BCUT2D eigenvalue weighted by Gasteiger charge is -2.10. The molecule has 9 heteroatoms. The lowest BCUT2D eigenvalue weighted by Crippen LogP contribution is -2.14. The molecule has 2 heterocycles. The van der Waals surface area contributed by atoms with E-state index in [4.69, 9.17) is 11.6 Å². The molecule has 4 aromatic rings. The number of pyridine rings is 1. The maximum Gasteiger partial charge on any atom is 0.234 e. The smallest absolute Gasteiger partial charge is 0.234 e. The number of hydrogen-bond donors (Lipinski definition) is 1. The minimum absolute atomic E-state index is 0.0506. The molecule has 2 aromatic heterocycles. The van der Waals surface area contributed by atoms with Gasteiger partial charge in [0.2, 0.25) is 5.91 Å². The Hall–Kier alpha value is -3.23. The van der Waals surface area contributed by atoms with E-state index >= 15 is 0 Å². The van der Waals surface area contributed by atoms with E-state index in [-0.39, 0.29) is 16.7 Å². The molecule has 0 aliphatic carbocycles. The number of halogens is 2. The normalized spacial score (nSPS) is 10.7. The van der Waals surface area contributed by atoms with E-state index in [1.165, 1.54) is 30.0 Å².